The van der Waals surface area contributed by atoms with Gasteiger partial charge in [0, 0.05) is 17.3 Å². The van der Waals surface area contributed by atoms with Crippen LogP contribution in [0.4, 0.5) is 20.3 Å². The maximum Gasteiger partial charge on any atom is 0.260 e. The van der Waals surface area contributed by atoms with Gasteiger partial charge in [-0.15, -0.1) is 0 Å². The van der Waals surface area contributed by atoms with Crippen LogP contribution in [0.25, 0.3) is 21.9 Å². The van der Waals surface area contributed by atoms with Gasteiger partial charge in [-0.05, 0) is 60.2 Å². The topological polar surface area (TPSA) is 77.1 Å². The molecule has 1 saturated carbocycles. The lowest BCUT2D eigenvalue weighted by molar-refractivity contribution is 0.102. The van der Waals surface area contributed by atoms with Gasteiger partial charge in [0.1, 0.15) is 17.5 Å². The average Bonchev–Trinajstić information content (AvgIpc) is 3.60. The number of nitrogens with one attached hydrogen (secondary N) is 1. The Balaban J connectivity index is 1.67. The van der Waals surface area contributed by atoms with Crippen molar-refractivity contribution in [1.82, 2.24) is 4.57 Å². The molecule has 4 aromatic rings. The summed E-state index contributed by atoms with van der Waals surface area (Å²) in [6, 6.07) is 16.5. The maximum atomic E-state index is 14.0. The third kappa shape index (κ3) is 3.41. The molecular formula is C25H19F2N3O2. The first-order chi connectivity index (χ1) is 15.4. The predicted molar refractivity (Wildman–Crippen MR) is 121 cm³/mol. The average molecular weight is 431 g/mol. The summed E-state index contributed by atoms with van der Waals surface area (Å²) in [7, 11) is 0. The van der Waals surface area contributed by atoms with Crippen LogP contribution in [-0.4, -0.2) is 10.5 Å². The van der Waals surface area contributed by atoms with E-state index in [0.717, 1.165) is 12.8 Å². The number of rotatable bonds is 4. The molecule has 3 aromatic carbocycles. The van der Waals surface area contributed by atoms with Gasteiger partial charge >= 0.3 is 0 Å². The van der Waals surface area contributed by atoms with Crippen molar-refractivity contribution >= 4 is 28.2 Å². The largest absolute Gasteiger partial charge is 0.384 e. The molecule has 0 atom stereocenters. The Morgan fingerprint density at radius 2 is 1.75 bits per heavy atom. The Kier molecular flexibility index (Phi) is 4.74. The Hall–Kier alpha value is -4.00. The molecule has 1 fully saturated rings. The zero-order valence-electron chi connectivity index (χ0n) is 16.9. The molecule has 0 bridgehead atoms. The van der Waals surface area contributed by atoms with Crippen LogP contribution in [0.2, 0.25) is 0 Å². The highest BCUT2D eigenvalue weighted by atomic mass is 19.1. The van der Waals surface area contributed by atoms with E-state index in [2.05, 4.69) is 5.32 Å². The van der Waals surface area contributed by atoms with E-state index < -0.39 is 17.5 Å². The van der Waals surface area contributed by atoms with Gasteiger partial charge in [0.2, 0.25) is 0 Å². The van der Waals surface area contributed by atoms with Crippen LogP contribution >= 0.6 is 0 Å². The van der Waals surface area contributed by atoms with Crippen LogP contribution < -0.4 is 16.6 Å². The smallest absolute Gasteiger partial charge is 0.260 e. The van der Waals surface area contributed by atoms with E-state index in [-0.39, 0.29) is 17.2 Å². The number of benzene rings is 3. The number of anilines is 2. The number of halogens is 2. The standard InChI is InChI=1S/C25H19F2N3O2/c26-15-5-3-4-14(12-15)22-18-11-8-16(29-24(31)19-6-1-2-7-21(19)27)13-20(18)25(32)30(23(22)28)17-9-10-17/h1-8,11-13,17H,9-10,28H2,(H,29,31). The van der Waals surface area contributed by atoms with E-state index in [1.807, 2.05) is 0 Å². The van der Waals surface area contributed by atoms with Gasteiger partial charge in [0.25, 0.3) is 11.5 Å². The number of nitrogen functional groups attached to an aromatic ring is 1. The molecule has 1 aliphatic rings. The minimum atomic E-state index is -0.636. The van der Waals surface area contributed by atoms with Crippen LogP contribution in [0.1, 0.15) is 29.2 Å². The van der Waals surface area contributed by atoms with Gasteiger partial charge in [0.05, 0.1) is 10.9 Å². The molecule has 0 radical (unpaired) electrons. The van der Waals surface area contributed by atoms with Gasteiger partial charge in [-0.1, -0.05) is 30.3 Å². The second-order valence-electron chi connectivity index (χ2n) is 7.87. The number of aromatic nitrogens is 1. The number of carbonyl (C=O) groups is 1. The first-order valence-corrected chi connectivity index (χ1v) is 10.2. The van der Waals surface area contributed by atoms with E-state index in [4.69, 9.17) is 5.73 Å². The third-order valence-electron chi connectivity index (χ3n) is 5.66. The van der Waals surface area contributed by atoms with E-state index in [9.17, 15) is 18.4 Å². The van der Waals surface area contributed by atoms with Gasteiger partial charge in [-0.25, -0.2) is 8.78 Å². The fraction of sp³-hybridized carbons (Fsp3) is 0.120. The summed E-state index contributed by atoms with van der Waals surface area (Å²) >= 11 is 0. The van der Waals surface area contributed by atoms with Crippen molar-refractivity contribution in [2.45, 2.75) is 18.9 Å². The minimum Gasteiger partial charge on any atom is -0.384 e. The minimum absolute atomic E-state index is 0.00382. The lowest BCUT2D eigenvalue weighted by atomic mass is 9.98. The Morgan fingerprint density at radius 1 is 0.969 bits per heavy atom. The summed E-state index contributed by atoms with van der Waals surface area (Å²) in [6.07, 6.45) is 1.67. The molecule has 0 aliphatic heterocycles. The molecule has 5 rings (SSSR count). The zero-order valence-corrected chi connectivity index (χ0v) is 16.9. The number of nitrogens with two attached hydrogens (primary N) is 1. The predicted octanol–water partition coefficient (Wildman–Crippen LogP) is 5.12. The molecule has 0 spiro atoms. The van der Waals surface area contributed by atoms with Gasteiger partial charge < -0.3 is 11.1 Å². The number of fused-ring (bicyclic) bond motifs is 1. The molecule has 7 heteroatoms. The van der Waals surface area contributed by atoms with Crippen molar-refractivity contribution in [3.8, 4) is 11.1 Å². The number of carbonyl (C=O) groups excluding carboxylic acids is 1. The molecule has 5 nitrogen and oxygen atoms in total. The molecule has 1 amide bonds. The molecule has 160 valence electrons. The van der Waals surface area contributed by atoms with Crippen molar-refractivity contribution in [2.75, 3.05) is 11.1 Å². The van der Waals surface area contributed by atoms with E-state index in [1.165, 1.54) is 30.3 Å². The second-order valence-corrected chi connectivity index (χ2v) is 7.87. The van der Waals surface area contributed by atoms with Crippen molar-refractivity contribution in [3.63, 3.8) is 0 Å². The molecular weight excluding hydrogens is 412 g/mol. The summed E-state index contributed by atoms with van der Waals surface area (Å²) in [5.41, 5.74) is 7.52. The number of pyridine rings is 1. The second kappa shape index (κ2) is 7.60. The molecule has 3 N–H and O–H groups in total. The van der Waals surface area contributed by atoms with Gasteiger partial charge in [-0.2, -0.15) is 0 Å². The SMILES string of the molecule is Nc1c(-c2cccc(F)c2)c2ccc(NC(=O)c3ccccc3F)cc2c(=O)n1C1CC1. The van der Waals surface area contributed by atoms with Gasteiger partial charge in [-0.3, -0.25) is 14.2 Å². The van der Waals surface area contributed by atoms with E-state index in [0.29, 0.717) is 33.4 Å². The number of hydrogen-bond donors (Lipinski definition) is 2. The molecule has 1 aliphatic carbocycles. The first kappa shape index (κ1) is 19.9. The summed E-state index contributed by atoms with van der Waals surface area (Å²) < 4.78 is 29.5. The zero-order chi connectivity index (χ0) is 22.4. The fourth-order valence-corrected chi connectivity index (χ4v) is 4.00. The van der Waals surface area contributed by atoms with Crippen LogP contribution in [0.15, 0.2) is 71.5 Å². The quantitative estimate of drug-likeness (QED) is 0.471. The lowest BCUT2D eigenvalue weighted by Gasteiger charge is -2.17. The molecule has 1 aromatic heterocycles. The van der Waals surface area contributed by atoms with Crippen molar-refractivity contribution in [1.29, 1.82) is 0 Å². The summed E-state index contributed by atoms with van der Waals surface area (Å²) in [4.78, 5) is 25.8. The van der Waals surface area contributed by atoms with E-state index >= 15 is 0 Å². The summed E-state index contributed by atoms with van der Waals surface area (Å²) in [6.45, 7) is 0. The normalized spacial score (nSPS) is 13.3. The summed E-state index contributed by atoms with van der Waals surface area (Å²) in [5.74, 6) is -1.37. The number of hydrogen-bond acceptors (Lipinski definition) is 3. The van der Waals surface area contributed by atoms with Gasteiger partial charge in [0.15, 0.2) is 0 Å². The Bertz CT molecular complexity index is 1440. The number of nitrogens with zero attached hydrogens (tertiary/aromatic N) is 1. The van der Waals surface area contributed by atoms with Crippen LogP contribution in [0.3, 0.4) is 0 Å². The third-order valence-corrected chi connectivity index (χ3v) is 5.66. The molecule has 0 unspecified atom stereocenters. The Morgan fingerprint density at radius 3 is 2.47 bits per heavy atom. The summed E-state index contributed by atoms with van der Waals surface area (Å²) in [5, 5.41) is 3.55. The van der Waals surface area contributed by atoms with Crippen LogP contribution in [0.5, 0.6) is 0 Å². The van der Waals surface area contributed by atoms with Crippen molar-refractivity contribution in [3.05, 3.63) is 94.3 Å². The monoisotopic (exact) mass is 431 g/mol. The van der Waals surface area contributed by atoms with Crippen molar-refractivity contribution < 1.29 is 13.6 Å². The fourth-order valence-electron chi connectivity index (χ4n) is 4.00. The van der Waals surface area contributed by atoms with Crippen LogP contribution in [-0.2, 0) is 0 Å². The van der Waals surface area contributed by atoms with Crippen LogP contribution in [0, 0.1) is 11.6 Å². The first-order valence-electron chi connectivity index (χ1n) is 10.2. The highest BCUT2D eigenvalue weighted by Gasteiger charge is 2.29. The maximum absolute atomic E-state index is 14.0. The molecule has 0 saturated heterocycles. The Labute approximate surface area is 182 Å². The number of amides is 1. The molecule has 1 heterocycles. The highest BCUT2D eigenvalue weighted by molar-refractivity contribution is 6.07. The lowest BCUT2D eigenvalue weighted by Crippen LogP contribution is -2.23. The van der Waals surface area contributed by atoms with Crippen molar-refractivity contribution in [2.24, 2.45) is 0 Å². The molecule has 32 heavy (non-hydrogen) atoms. The van der Waals surface area contributed by atoms with E-state index in [1.54, 1.807) is 41.0 Å². The highest BCUT2D eigenvalue weighted by Crippen LogP contribution is 2.41.